The van der Waals surface area contributed by atoms with E-state index in [1.165, 1.54) is 0 Å². The molecule has 1 amide bonds. The summed E-state index contributed by atoms with van der Waals surface area (Å²) in [6.45, 7) is 1.38. The fraction of sp³-hybridized carbons (Fsp3) is 0.562. The molecule has 26 heavy (non-hydrogen) atoms. The van der Waals surface area contributed by atoms with Crippen LogP contribution in [0.3, 0.4) is 0 Å². The number of piperidine rings is 1. The number of hydrogen-bond acceptors (Lipinski definition) is 4. The summed E-state index contributed by atoms with van der Waals surface area (Å²) >= 11 is 0. The Bertz CT molecular complexity index is 770. The van der Waals surface area contributed by atoms with Crippen LogP contribution in [0.2, 0.25) is 0 Å². The maximum absolute atomic E-state index is 13.8. The molecule has 1 atom stereocenters. The Morgan fingerprint density at radius 3 is 2.35 bits per heavy atom. The van der Waals surface area contributed by atoms with Gasteiger partial charge in [-0.15, -0.1) is 12.4 Å². The summed E-state index contributed by atoms with van der Waals surface area (Å²) in [4.78, 5) is 13.5. The van der Waals surface area contributed by atoms with Crippen molar-refractivity contribution in [1.82, 2.24) is 9.21 Å². The lowest BCUT2D eigenvalue weighted by atomic mass is 9.97. The molecule has 2 aliphatic rings. The Labute approximate surface area is 157 Å². The standard InChI is InChI=1S/C16H21F2N3O3S.ClH/c17-12-1-2-14(18)15(9-12)25(23,24)21-7-3-11(4-8-21)16(22)20-6-5-13(19)10-20;/h1-2,9,11,13H,3-8,10,19H2;1H/t13-;/m1./s1. The number of nitrogens with zero attached hydrogens (tertiary/aromatic N) is 2. The van der Waals surface area contributed by atoms with E-state index in [2.05, 4.69) is 0 Å². The van der Waals surface area contributed by atoms with Gasteiger partial charge in [-0.25, -0.2) is 17.2 Å². The first-order valence-corrected chi connectivity index (χ1v) is 9.72. The second-order valence-electron chi connectivity index (χ2n) is 6.59. The largest absolute Gasteiger partial charge is 0.341 e. The van der Waals surface area contributed by atoms with Gasteiger partial charge in [0.05, 0.1) is 0 Å². The zero-order valence-corrected chi connectivity index (χ0v) is 15.7. The molecule has 0 saturated carbocycles. The summed E-state index contributed by atoms with van der Waals surface area (Å²) in [5.74, 6) is -2.04. The van der Waals surface area contributed by atoms with Crippen LogP contribution in [0.25, 0.3) is 0 Å². The lowest BCUT2D eigenvalue weighted by Crippen LogP contribution is -2.44. The normalized spacial score (nSPS) is 22.3. The summed E-state index contributed by atoms with van der Waals surface area (Å²) in [5.41, 5.74) is 5.81. The molecule has 1 aromatic rings. The van der Waals surface area contributed by atoms with Crippen LogP contribution in [-0.2, 0) is 14.8 Å². The minimum absolute atomic E-state index is 0. The van der Waals surface area contributed by atoms with E-state index in [9.17, 15) is 22.0 Å². The Hall–Kier alpha value is -1.29. The number of carbonyl (C=O) groups excluding carboxylic acids is 1. The van der Waals surface area contributed by atoms with Crippen molar-refractivity contribution >= 4 is 28.3 Å². The van der Waals surface area contributed by atoms with E-state index in [0.29, 0.717) is 32.0 Å². The summed E-state index contributed by atoms with van der Waals surface area (Å²) < 4.78 is 53.3. The molecular weight excluding hydrogens is 388 g/mol. The third kappa shape index (κ3) is 4.16. The van der Waals surface area contributed by atoms with Gasteiger partial charge in [0.1, 0.15) is 16.5 Å². The van der Waals surface area contributed by atoms with Crippen LogP contribution in [0.4, 0.5) is 8.78 Å². The maximum atomic E-state index is 13.8. The van der Waals surface area contributed by atoms with Gasteiger partial charge in [-0.1, -0.05) is 0 Å². The molecule has 0 unspecified atom stereocenters. The third-order valence-electron chi connectivity index (χ3n) is 4.85. The number of benzene rings is 1. The van der Waals surface area contributed by atoms with Crippen LogP contribution in [0, 0.1) is 17.6 Å². The summed E-state index contributed by atoms with van der Waals surface area (Å²) in [5, 5.41) is 0. The SMILES string of the molecule is Cl.N[C@@H]1CCN(C(=O)C2CCN(S(=O)(=O)c3cc(F)ccc3F)CC2)C1. The number of nitrogens with two attached hydrogens (primary N) is 1. The molecule has 0 aliphatic carbocycles. The quantitative estimate of drug-likeness (QED) is 0.816. The van der Waals surface area contributed by atoms with Gasteiger partial charge in [0, 0.05) is 38.1 Å². The van der Waals surface area contributed by atoms with E-state index in [0.717, 1.165) is 22.9 Å². The second-order valence-corrected chi connectivity index (χ2v) is 8.49. The molecule has 0 aromatic heterocycles. The van der Waals surface area contributed by atoms with Crippen LogP contribution >= 0.6 is 12.4 Å². The van der Waals surface area contributed by atoms with Crippen molar-refractivity contribution in [3.8, 4) is 0 Å². The van der Waals surface area contributed by atoms with Crippen LogP contribution < -0.4 is 5.73 Å². The number of rotatable bonds is 3. The molecular formula is C16H22ClF2N3O3S. The van der Waals surface area contributed by atoms with Gasteiger partial charge < -0.3 is 10.6 Å². The molecule has 3 rings (SSSR count). The van der Waals surface area contributed by atoms with Crippen LogP contribution in [0.5, 0.6) is 0 Å². The van der Waals surface area contributed by atoms with E-state index in [1.807, 2.05) is 0 Å². The van der Waals surface area contributed by atoms with Gasteiger partial charge in [0.25, 0.3) is 0 Å². The Kier molecular flexibility index (Phi) is 6.60. The van der Waals surface area contributed by atoms with E-state index in [4.69, 9.17) is 5.73 Å². The number of halogens is 3. The van der Waals surface area contributed by atoms with E-state index < -0.39 is 26.6 Å². The minimum atomic E-state index is -4.12. The van der Waals surface area contributed by atoms with Gasteiger partial charge in [-0.2, -0.15) is 4.31 Å². The molecule has 6 nitrogen and oxygen atoms in total. The molecule has 2 aliphatic heterocycles. The molecule has 146 valence electrons. The molecule has 2 N–H and O–H groups in total. The predicted octanol–water partition coefficient (Wildman–Crippen LogP) is 1.35. The van der Waals surface area contributed by atoms with Crippen molar-refractivity contribution in [2.45, 2.75) is 30.2 Å². The van der Waals surface area contributed by atoms with E-state index in [-0.39, 0.29) is 43.4 Å². The highest BCUT2D eigenvalue weighted by Crippen LogP contribution is 2.27. The van der Waals surface area contributed by atoms with Crippen LogP contribution in [0.15, 0.2) is 23.1 Å². The highest BCUT2D eigenvalue weighted by molar-refractivity contribution is 7.89. The zero-order valence-electron chi connectivity index (χ0n) is 14.1. The summed E-state index contributed by atoms with van der Waals surface area (Å²) in [7, 11) is -4.12. The van der Waals surface area contributed by atoms with Crippen LogP contribution in [0.1, 0.15) is 19.3 Å². The monoisotopic (exact) mass is 409 g/mol. The van der Waals surface area contributed by atoms with Gasteiger partial charge in [-0.05, 0) is 37.5 Å². The maximum Gasteiger partial charge on any atom is 0.246 e. The van der Waals surface area contributed by atoms with Gasteiger partial charge >= 0.3 is 0 Å². The highest BCUT2D eigenvalue weighted by Gasteiger charge is 2.36. The molecule has 10 heteroatoms. The topological polar surface area (TPSA) is 83.7 Å². The smallest absolute Gasteiger partial charge is 0.246 e. The van der Waals surface area contributed by atoms with E-state index in [1.54, 1.807) is 4.90 Å². The number of carbonyl (C=O) groups is 1. The molecule has 2 heterocycles. The average molecular weight is 410 g/mol. The van der Waals surface area contributed by atoms with Crippen molar-refractivity contribution < 1.29 is 22.0 Å². The molecule has 2 saturated heterocycles. The average Bonchev–Trinajstić information content (AvgIpc) is 3.03. The van der Waals surface area contributed by atoms with Crippen molar-refractivity contribution in [2.75, 3.05) is 26.2 Å². The molecule has 0 bridgehead atoms. The van der Waals surface area contributed by atoms with Gasteiger partial charge in [-0.3, -0.25) is 4.79 Å². The van der Waals surface area contributed by atoms with Crippen molar-refractivity contribution in [3.63, 3.8) is 0 Å². The Morgan fingerprint density at radius 2 is 1.77 bits per heavy atom. The second kappa shape index (κ2) is 8.16. The molecule has 1 aromatic carbocycles. The third-order valence-corrected chi connectivity index (χ3v) is 6.76. The number of amides is 1. The first kappa shape index (κ1) is 21.0. The van der Waals surface area contributed by atoms with E-state index >= 15 is 0 Å². The molecule has 2 fully saturated rings. The summed E-state index contributed by atoms with van der Waals surface area (Å²) in [6, 6.07) is 2.36. The first-order chi connectivity index (χ1) is 11.8. The fourth-order valence-corrected chi connectivity index (χ4v) is 4.95. The lowest BCUT2D eigenvalue weighted by Gasteiger charge is -2.32. The predicted molar refractivity (Wildman–Crippen MR) is 94.3 cm³/mol. The number of likely N-dealkylation sites (tertiary alicyclic amines) is 1. The lowest BCUT2D eigenvalue weighted by molar-refractivity contribution is -0.135. The fourth-order valence-electron chi connectivity index (χ4n) is 3.40. The zero-order chi connectivity index (χ0) is 18.2. The number of hydrogen-bond donors (Lipinski definition) is 1. The highest BCUT2D eigenvalue weighted by atomic mass is 35.5. The Morgan fingerprint density at radius 1 is 1.12 bits per heavy atom. The first-order valence-electron chi connectivity index (χ1n) is 8.28. The molecule has 0 spiro atoms. The number of sulfonamides is 1. The minimum Gasteiger partial charge on any atom is -0.341 e. The summed E-state index contributed by atoms with van der Waals surface area (Å²) in [6.07, 6.45) is 1.50. The van der Waals surface area contributed by atoms with Crippen LogP contribution in [-0.4, -0.2) is 55.8 Å². The Balaban J connectivity index is 0.00000243. The molecule has 0 radical (unpaired) electrons. The van der Waals surface area contributed by atoms with Crippen molar-refractivity contribution in [2.24, 2.45) is 11.7 Å². The van der Waals surface area contributed by atoms with Gasteiger partial charge in [0.2, 0.25) is 15.9 Å². The van der Waals surface area contributed by atoms with Crippen molar-refractivity contribution in [1.29, 1.82) is 0 Å². The van der Waals surface area contributed by atoms with Crippen molar-refractivity contribution in [3.05, 3.63) is 29.8 Å². The van der Waals surface area contributed by atoms with Gasteiger partial charge in [0.15, 0.2) is 0 Å².